The van der Waals surface area contributed by atoms with E-state index in [0.29, 0.717) is 37.0 Å². The summed E-state index contributed by atoms with van der Waals surface area (Å²) in [6.45, 7) is 0.707. The number of ether oxygens (including phenoxy) is 2. The number of carbonyl (C=O) groups excluding carboxylic acids is 2. The lowest BCUT2D eigenvalue weighted by Gasteiger charge is -2.38. The minimum Gasteiger partial charge on any atom is -0.450 e. The standard InChI is InChI=1S/C22H17F3N4O4/c23-22(24,25)32-13-11-17-16(26-12-13)5-6-18(27-17)28-20(31)29-9-7-21(8-10-29)15-4-2-1-3-14(15)19(30)33-21/h1-6,11-12H,7-10H2,(H,27,28,31). The van der Waals surface area contributed by atoms with Gasteiger partial charge in [0.15, 0.2) is 0 Å². The average molecular weight is 458 g/mol. The number of fused-ring (bicyclic) bond motifs is 3. The highest BCUT2D eigenvalue weighted by Crippen LogP contribution is 2.44. The Kier molecular flexibility index (Phi) is 4.84. The first kappa shape index (κ1) is 21.0. The summed E-state index contributed by atoms with van der Waals surface area (Å²) in [5.74, 6) is -0.693. The molecule has 2 aliphatic heterocycles. The second-order valence-electron chi connectivity index (χ2n) is 7.80. The van der Waals surface area contributed by atoms with Crippen LogP contribution in [0.3, 0.4) is 0 Å². The Morgan fingerprint density at radius 2 is 1.88 bits per heavy atom. The van der Waals surface area contributed by atoms with Crippen LogP contribution in [0, 0.1) is 0 Å². The number of anilines is 1. The first-order valence-corrected chi connectivity index (χ1v) is 10.1. The summed E-state index contributed by atoms with van der Waals surface area (Å²) in [6, 6.07) is 11.0. The highest BCUT2D eigenvalue weighted by atomic mass is 19.4. The Balaban J connectivity index is 1.27. The fourth-order valence-corrected chi connectivity index (χ4v) is 4.22. The molecule has 8 nitrogen and oxygen atoms in total. The van der Waals surface area contributed by atoms with Crippen molar-refractivity contribution in [1.29, 1.82) is 0 Å². The Morgan fingerprint density at radius 1 is 1.12 bits per heavy atom. The summed E-state index contributed by atoms with van der Waals surface area (Å²) in [6.07, 6.45) is -2.99. The molecule has 4 heterocycles. The van der Waals surface area contributed by atoms with Crippen LogP contribution < -0.4 is 10.1 Å². The highest BCUT2D eigenvalue weighted by Gasteiger charge is 2.47. The molecular weight excluding hydrogens is 441 g/mol. The van der Waals surface area contributed by atoms with Gasteiger partial charge in [0.1, 0.15) is 17.2 Å². The predicted molar refractivity (Wildman–Crippen MR) is 110 cm³/mol. The first-order valence-electron chi connectivity index (χ1n) is 10.1. The van der Waals surface area contributed by atoms with Crippen molar-refractivity contribution in [2.75, 3.05) is 18.4 Å². The van der Waals surface area contributed by atoms with Crippen LogP contribution in [-0.2, 0) is 10.3 Å². The third-order valence-corrected chi connectivity index (χ3v) is 5.77. The fourth-order valence-electron chi connectivity index (χ4n) is 4.22. The number of aromatic nitrogens is 2. The molecule has 0 unspecified atom stereocenters. The van der Waals surface area contributed by atoms with Gasteiger partial charge in [-0.05, 0) is 18.2 Å². The van der Waals surface area contributed by atoms with Crippen molar-refractivity contribution in [3.63, 3.8) is 0 Å². The second kappa shape index (κ2) is 7.61. The van der Waals surface area contributed by atoms with E-state index in [9.17, 15) is 22.8 Å². The van der Waals surface area contributed by atoms with Crippen LogP contribution in [0.5, 0.6) is 5.75 Å². The lowest BCUT2D eigenvalue weighted by Crippen LogP contribution is -2.46. The molecule has 33 heavy (non-hydrogen) atoms. The number of urea groups is 1. The maximum atomic E-state index is 12.7. The number of benzene rings is 1. The minimum absolute atomic E-state index is 0.140. The van der Waals surface area contributed by atoms with Gasteiger partial charge in [0, 0.05) is 37.6 Å². The van der Waals surface area contributed by atoms with E-state index in [1.165, 1.54) is 12.1 Å². The van der Waals surface area contributed by atoms with Crippen molar-refractivity contribution in [3.05, 3.63) is 59.8 Å². The predicted octanol–water partition coefficient (Wildman–Crippen LogP) is 4.22. The molecule has 2 aromatic heterocycles. The molecular formula is C22H17F3N4O4. The minimum atomic E-state index is -4.85. The normalized spacial score (nSPS) is 17.1. The maximum Gasteiger partial charge on any atom is 0.573 e. The molecule has 2 aliphatic rings. The van der Waals surface area contributed by atoms with E-state index in [0.717, 1.165) is 17.8 Å². The lowest BCUT2D eigenvalue weighted by atomic mass is 9.84. The maximum absolute atomic E-state index is 12.7. The number of piperidine rings is 1. The van der Waals surface area contributed by atoms with Gasteiger partial charge in [-0.3, -0.25) is 10.3 Å². The highest BCUT2D eigenvalue weighted by molar-refractivity contribution is 5.95. The lowest BCUT2D eigenvalue weighted by molar-refractivity contribution is -0.274. The fraction of sp³-hybridized carbons (Fsp3) is 0.273. The zero-order valence-corrected chi connectivity index (χ0v) is 17.1. The number of esters is 1. The van der Waals surface area contributed by atoms with Crippen LogP contribution in [0.1, 0.15) is 28.8 Å². The van der Waals surface area contributed by atoms with Gasteiger partial charge in [0.2, 0.25) is 0 Å². The van der Waals surface area contributed by atoms with Crippen molar-refractivity contribution in [2.24, 2.45) is 0 Å². The van der Waals surface area contributed by atoms with Gasteiger partial charge in [0.25, 0.3) is 0 Å². The molecule has 1 saturated heterocycles. The van der Waals surface area contributed by atoms with E-state index in [4.69, 9.17) is 4.74 Å². The zero-order valence-electron chi connectivity index (χ0n) is 17.1. The van der Waals surface area contributed by atoms with Gasteiger partial charge in [-0.25, -0.2) is 14.6 Å². The molecule has 0 saturated carbocycles. The van der Waals surface area contributed by atoms with Crippen LogP contribution >= 0.6 is 0 Å². The van der Waals surface area contributed by atoms with Gasteiger partial charge < -0.3 is 14.4 Å². The molecule has 1 N–H and O–H groups in total. The van der Waals surface area contributed by atoms with E-state index >= 15 is 0 Å². The number of rotatable bonds is 2. The van der Waals surface area contributed by atoms with Crippen molar-refractivity contribution >= 4 is 28.9 Å². The van der Waals surface area contributed by atoms with Crippen LogP contribution in [0.4, 0.5) is 23.8 Å². The van der Waals surface area contributed by atoms with Crippen LogP contribution in [0.2, 0.25) is 0 Å². The van der Waals surface area contributed by atoms with Crippen molar-refractivity contribution in [1.82, 2.24) is 14.9 Å². The summed E-state index contributed by atoms with van der Waals surface area (Å²) in [4.78, 5) is 34.6. The van der Waals surface area contributed by atoms with E-state index < -0.39 is 23.7 Å². The number of hydrogen-bond donors (Lipinski definition) is 1. The molecule has 0 aliphatic carbocycles. The molecule has 1 spiro atoms. The average Bonchev–Trinajstić information content (AvgIpc) is 3.04. The molecule has 0 bridgehead atoms. The van der Waals surface area contributed by atoms with Crippen molar-refractivity contribution in [2.45, 2.75) is 24.8 Å². The number of pyridine rings is 2. The van der Waals surface area contributed by atoms with Gasteiger partial charge in [-0.15, -0.1) is 13.2 Å². The number of nitrogens with zero attached hydrogens (tertiary/aromatic N) is 3. The topological polar surface area (TPSA) is 93.7 Å². The Morgan fingerprint density at radius 3 is 2.64 bits per heavy atom. The molecule has 1 aromatic carbocycles. The molecule has 0 radical (unpaired) electrons. The molecule has 1 fully saturated rings. The van der Waals surface area contributed by atoms with Crippen LogP contribution in [-0.4, -0.2) is 46.3 Å². The molecule has 5 rings (SSSR count). The van der Waals surface area contributed by atoms with E-state index in [2.05, 4.69) is 20.0 Å². The summed E-state index contributed by atoms with van der Waals surface area (Å²) in [5, 5.41) is 2.66. The third kappa shape index (κ3) is 4.01. The van der Waals surface area contributed by atoms with Crippen LogP contribution in [0.15, 0.2) is 48.7 Å². The van der Waals surface area contributed by atoms with E-state index in [1.807, 2.05) is 12.1 Å². The van der Waals surface area contributed by atoms with Gasteiger partial charge >= 0.3 is 18.4 Å². The Labute approximate surface area is 185 Å². The Bertz CT molecular complexity index is 1260. The van der Waals surface area contributed by atoms with Crippen molar-refractivity contribution < 1.29 is 32.2 Å². The number of carbonyl (C=O) groups is 2. The molecule has 170 valence electrons. The number of nitrogens with one attached hydrogen (secondary N) is 1. The summed E-state index contributed by atoms with van der Waals surface area (Å²) in [5.41, 5.74) is 1.16. The quantitative estimate of drug-likeness (QED) is 0.578. The first-order chi connectivity index (χ1) is 15.7. The SMILES string of the molecule is O=C1OC2(CCN(C(=O)Nc3ccc4ncc(OC(F)(F)F)cc4n3)CC2)c2ccccc21. The largest absolute Gasteiger partial charge is 0.573 e. The number of alkyl halides is 3. The van der Waals surface area contributed by atoms with Crippen LogP contribution in [0.25, 0.3) is 11.0 Å². The zero-order chi connectivity index (χ0) is 23.2. The van der Waals surface area contributed by atoms with Gasteiger partial charge in [0.05, 0.1) is 22.8 Å². The third-order valence-electron chi connectivity index (χ3n) is 5.77. The number of halogens is 3. The van der Waals surface area contributed by atoms with Gasteiger partial charge in [-0.1, -0.05) is 18.2 Å². The van der Waals surface area contributed by atoms with Gasteiger partial charge in [-0.2, -0.15) is 0 Å². The second-order valence-corrected chi connectivity index (χ2v) is 7.80. The summed E-state index contributed by atoms with van der Waals surface area (Å²) >= 11 is 0. The van der Waals surface area contributed by atoms with E-state index in [1.54, 1.807) is 17.0 Å². The molecule has 2 amide bonds. The number of likely N-dealkylation sites (tertiary alicyclic amines) is 1. The van der Waals surface area contributed by atoms with E-state index in [-0.39, 0.29) is 17.3 Å². The number of hydrogen-bond acceptors (Lipinski definition) is 6. The molecule has 11 heteroatoms. The summed E-state index contributed by atoms with van der Waals surface area (Å²) in [7, 11) is 0. The smallest absolute Gasteiger partial charge is 0.450 e. The molecule has 3 aromatic rings. The van der Waals surface area contributed by atoms with Crippen molar-refractivity contribution in [3.8, 4) is 5.75 Å². The Hall–Kier alpha value is -3.89. The molecule has 0 atom stereocenters. The monoisotopic (exact) mass is 458 g/mol. The number of amides is 2. The summed E-state index contributed by atoms with van der Waals surface area (Å²) < 4.78 is 46.9.